The number of carbonyl (C=O) groups excluding carboxylic acids is 2. The van der Waals surface area contributed by atoms with Crippen molar-refractivity contribution in [2.45, 2.75) is 23.1 Å². The molecule has 5 nitrogen and oxygen atoms in total. The normalized spacial score (nSPS) is 16.9. The van der Waals surface area contributed by atoms with Crippen LogP contribution in [0.4, 0.5) is 25.8 Å². The Balaban J connectivity index is 1.71. The number of nitrogens with zero attached hydrogens (tertiary/aromatic N) is 2. The van der Waals surface area contributed by atoms with Crippen molar-refractivity contribution >= 4 is 40.6 Å². The number of imide groups is 1. The SMILES string of the molecule is CN(C)c1ccc(N[C@H]2CC(=O)N(c3ccc(SC(F)F)cc3)C2=O)cc1. The summed E-state index contributed by atoms with van der Waals surface area (Å²) in [6.45, 7) is 0. The number of benzene rings is 2. The van der Waals surface area contributed by atoms with Gasteiger partial charge >= 0.3 is 0 Å². The van der Waals surface area contributed by atoms with Gasteiger partial charge in [-0.1, -0.05) is 11.8 Å². The fraction of sp³-hybridized carbons (Fsp3) is 0.263. The van der Waals surface area contributed by atoms with Crippen molar-refractivity contribution in [2.75, 3.05) is 29.2 Å². The van der Waals surface area contributed by atoms with Gasteiger partial charge in [0.15, 0.2) is 0 Å². The topological polar surface area (TPSA) is 52.7 Å². The van der Waals surface area contributed by atoms with E-state index in [9.17, 15) is 18.4 Å². The van der Waals surface area contributed by atoms with Gasteiger partial charge in [0.05, 0.1) is 12.1 Å². The van der Waals surface area contributed by atoms with Gasteiger partial charge in [-0.3, -0.25) is 9.59 Å². The zero-order chi connectivity index (χ0) is 19.6. The lowest BCUT2D eigenvalue weighted by Crippen LogP contribution is -2.34. The number of alkyl halides is 2. The molecule has 142 valence electrons. The molecule has 1 N–H and O–H groups in total. The van der Waals surface area contributed by atoms with Crippen molar-refractivity contribution < 1.29 is 18.4 Å². The maximum absolute atomic E-state index is 12.7. The minimum Gasteiger partial charge on any atom is -0.378 e. The number of nitrogens with one attached hydrogen (secondary N) is 1. The molecule has 1 saturated heterocycles. The van der Waals surface area contributed by atoms with E-state index < -0.39 is 11.8 Å². The minimum absolute atomic E-state index is 0.0435. The van der Waals surface area contributed by atoms with E-state index in [1.165, 1.54) is 24.3 Å². The lowest BCUT2D eigenvalue weighted by molar-refractivity contribution is -0.121. The van der Waals surface area contributed by atoms with Crippen LogP contribution in [0, 0.1) is 0 Å². The Bertz CT molecular complexity index is 826. The van der Waals surface area contributed by atoms with Gasteiger partial charge in [0.2, 0.25) is 5.91 Å². The van der Waals surface area contributed by atoms with E-state index in [1.807, 2.05) is 43.3 Å². The van der Waals surface area contributed by atoms with Gasteiger partial charge in [0, 0.05) is 30.4 Å². The molecule has 3 rings (SSSR count). The van der Waals surface area contributed by atoms with Crippen molar-refractivity contribution in [3.05, 3.63) is 48.5 Å². The third-order valence-corrected chi connectivity index (χ3v) is 4.91. The predicted molar refractivity (Wildman–Crippen MR) is 104 cm³/mol. The highest BCUT2D eigenvalue weighted by molar-refractivity contribution is 7.99. The van der Waals surface area contributed by atoms with E-state index in [-0.39, 0.29) is 18.2 Å². The first kappa shape index (κ1) is 19.2. The molecule has 1 heterocycles. The molecule has 8 heteroatoms. The quantitative estimate of drug-likeness (QED) is 0.599. The van der Waals surface area contributed by atoms with Crippen LogP contribution in [0.5, 0.6) is 0 Å². The zero-order valence-electron chi connectivity index (χ0n) is 14.9. The van der Waals surface area contributed by atoms with E-state index in [0.29, 0.717) is 22.3 Å². The number of amides is 2. The summed E-state index contributed by atoms with van der Waals surface area (Å²) in [5, 5.41) is 3.09. The van der Waals surface area contributed by atoms with E-state index in [1.54, 1.807) is 0 Å². The lowest BCUT2D eigenvalue weighted by Gasteiger charge is -2.17. The van der Waals surface area contributed by atoms with Crippen LogP contribution in [0.25, 0.3) is 0 Å². The maximum atomic E-state index is 12.7. The molecule has 0 radical (unpaired) electrons. The van der Waals surface area contributed by atoms with Crippen LogP contribution in [0.1, 0.15) is 6.42 Å². The van der Waals surface area contributed by atoms with Crippen LogP contribution >= 0.6 is 11.8 Å². The molecule has 2 amide bonds. The summed E-state index contributed by atoms with van der Waals surface area (Å²) >= 11 is 0.419. The Morgan fingerprint density at radius 2 is 1.70 bits per heavy atom. The molecule has 0 bridgehead atoms. The van der Waals surface area contributed by atoms with E-state index in [2.05, 4.69) is 5.32 Å². The number of hydrogen-bond donors (Lipinski definition) is 1. The second-order valence-corrected chi connectivity index (χ2v) is 7.35. The van der Waals surface area contributed by atoms with Crippen molar-refractivity contribution in [3.63, 3.8) is 0 Å². The first-order chi connectivity index (χ1) is 12.8. The second kappa shape index (κ2) is 7.96. The summed E-state index contributed by atoms with van der Waals surface area (Å²) < 4.78 is 24.8. The molecule has 27 heavy (non-hydrogen) atoms. The van der Waals surface area contributed by atoms with Gasteiger partial charge in [0.25, 0.3) is 11.7 Å². The largest absolute Gasteiger partial charge is 0.378 e. The number of carbonyl (C=O) groups is 2. The summed E-state index contributed by atoms with van der Waals surface area (Å²) in [4.78, 5) is 28.4. The second-order valence-electron chi connectivity index (χ2n) is 6.28. The molecule has 1 atom stereocenters. The third kappa shape index (κ3) is 4.39. The number of hydrogen-bond acceptors (Lipinski definition) is 5. The van der Waals surface area contributed by atoms with Crippen molar-refractivity contribution in [3.8, 4) is 0 Å². The summed E-state index contributed by atoms with van der Waals surface area (Å²) in [5.41, 5.74) is 2.16. The summed E-state index contributed by atoms with van der Waals surface area (Å²) in [5.74, 6) is -3.19. The Hall–Kier alpha value is -2.61. The highest BCUT2D eigenvalue weighted by Gasteiger charge is 2.39. The molecule has 2 aromatic carbocycles. The number of anilines is 3. The summed E-state index contributed by atoms with van der Waals surface area (Å²) in [6.07, 6.45) is 0.0435. The van der Waals surface area contributed by atoms with Crippen LogP contribution in [0.3, 0.4) is 0 Å². The van der Waals surface area contributed by atoms with Gasteiger partial charge in [-0.25, -0.2) is 4.90 Å². The molecule has 1 fully saturated rings. The Morgan fingerprint density at radius 1 is 1.07 bits per heavy atom. The van der Waals surface area contributed by atoms with Crippen LogP contribution < -0.4 is 15.1 Å². The monoisotopic (exact) mass is 391 g/mol. The van der Waals surface area contributed by atoms with Crippen molar-refractivity contribution in [1.29, 1.82) is 0 Å². The molecule has 0 spiro atoms. The third-order valence-electron chi connectivity index (χ3n) is 4.19. The molecule has 1 aliphatic rings. The number of halogens is 2. The van der Waals surface area contributed by atoms with Crippen LogP contribution in [0.15, 0.2) is 53.4 Å². The fourth-order valence-corrected chi connectivity index (χ4v) is 3.35. The standard InChI is InChI=1S/C19H19F2N3O2S/c1-23(2)13-5-3-12(4-6-13)22-16-11-17(25)24(18(16)26)14-7-9-15(10-8-14)27-19(20)21/h3-10,16,19,22H,11H2,1-2H3/t16-/m0/s1. The Morgan fingerprint density at radius 3 is 2.26 bits per heavy atom. The predicted octanol–water partition coefficient (Wildman–Crippen LogP) is 3.81. The molecule has 0 unspecified atom stereocenters. The van der Waals surface area contributed by atoms with E-state index in [4.69, 9.17) is 0 Å². The molecule has 0 aromatic heterocycles. The zero-order valence-corrected chi connectivity index (χ0v) is 15.7. The van der Waals surface area contributed by atoms with Gasteiger partial charge < -0.3 is 10.2 Å². The first-order valence-electron chi connectivity index (χ1n) is 8.31. The highest BCUT2D eigenvalue weighted by atomic mass is 32.2. The maximum Gasteiger partial charge on any atom is 0.288 e. The van der Waals surface area contributed by atoms with Crippen LogP contribution in [-0.2, 0) is 9.59 Å². The van der Waals surface area contributed by atoms with Crippen molar-refractivity contribution in [1.82, 2.24) is 0 Å². The van der Waals surface area contributed by atoms with Gasteiger partial charge in [-0.05, 0) is 48.5 Å². The average Bonchev–Trinajstić information content (AvgIpc) is 2.89. The van der Waals surface area contributed by atoms with Gasteiger partial charge in [0.1, 0.15) is 6.04 Å². The van der Waals surface area contributed by atoms with Crippen LogP contribution in [-0.4, -0.2) is 37.7 Å². The first-order valence-corrected chi connectivity index (χ1v) is 9.18. The molecule has 1 aliphatic heterocycles. The fourth-order valence-electron chi connectivity index (χ4n) is 2.85. The molecule has 2 aromatic rings. The van der Waals surface area contributed by atoms with Crippen molar-refractivity contribution in [2.24, 2.45) is 0 Å². The van der Waals surface area contributed by atoms with E-state index >= 15 is 0 Å². The Labute approximate surface area is 160 Å². The van der Waals surface area contributed by atoms with Crippen LogP contribution in [0.2, 0.25) is 0 Å². The van der Waals surface area contributed by atoms with Gasteiger partial charge in [-0.15, -0.1) is 0 Å². The minimum atomic E-state index is -2.52. The highest BCUT2D eigenvalue weighted by Crippen LogP contribution is 2.30. The summed E-state index contributed by atoms with van der Waals surface area (Å²) in [7, 11) is 3.87. The molecular weight excluding hydrogens is 372 g/mol. The average molecular weight is 391 g/mol. The number of thioether (sulfide) groups is 1. The number of rotatable bonds is 6. The molecular formula is C19H19F2N3O2S. The molecule has 0 aliphatic carbocycles. The summed E-state index contributed by atoms with van der Waals surface area (Å²) in [6, 6.07) is 12.9. The smallest absolute Gasteiger partial charge is 0.288 e. The molecule has 0 saturated carbocycles. The Kier molecular flexibility index (Phi) is 5.65. The van der Waals surface area contributed by atoms with E-state index in [0.717, 1.165) is 16.3 Å². The lowest BCUT2D eigenvalue weighted by atomic mass is 10.2. The van der Waals surface area contributed by atoms with Gasteiger partial charge in [-0.2, -0.15) is 8.78 Å².